The first kappa shape index (κ1) is 22.7. The van der Waals surface area contributed by atoms with E-state index >= 15 is 0 Å². The average Bonchev–Trinajstić information content (AvgIpc) is 3.09. The minimum absolute atomic E-state index is 0.110. The van der Waals surface area contributed by atoms with E-state index in [9.17, 15) is 24.0 Å². The van der Waals surface area contributed by atoms with Gasteiger partial charge in [0, 0.05) is 37.7 Å². The number of carbonyl (C=O) groups excluding carboxylic acids is 5. The molecule has 34 heavy (non-hydrogen) atoms. The number of hydrogen-bond donors (Lipinski definition) is 1. The van der Waals surface area contributed by atoms with Crippen molar-refractivity contribution in [3.8, 4) is 0 Å². The van der Waals surface area contributed by atoms with Gasteiger partial charge in [-0.1, -0.05) is 0 Å². The van der Waals surface area contributed by atoms with Gasteiger partial charge in [0.2, 0.25) is 11.8 Å². The van der Waals surface area contributed by atoms with Crippen LogP contribution in [0.4, 0.5) is 5.69 Å². The first-order valence-corrected chi connectivity index (χ1v) is 12.2. The molecular weight excluding hydrogens is 436 g/mol. The van der Waals surface area contributed by atoms with Crippen molar-refractivity contribution in [1.82, 2.24) is 15.1 Å². The predicted octanol–water partition coefficient (Wildman–Crippen LogP) is 1.22. The molecule has 9 nitrogen and oxygen atoms in total. The Labute approximate surface area is 198 Å². The third kappa shape index (κ3) is 4.24. The third-order valence-corrected chi connectivity index (χ3v) is 7.74. The maximum absolute atomic E-state index is 13.1. The van der Waals surface area contributed by atoms with Crippen molar-refractivity contribution in [3.63, 3.8) is 0 Å². The third-order valence-electron chi connectivity index (χ3n) is 7.74. The van der Waals surface area contributed by atoms with Crippen molar-refractivity contribution < 1.29 is 24.0 Å². The molecule has 180 valence electrons. The Morgan fingerprint density at radius 1 is 0.882 bits per heavy atom. The molecule has 0 aliphatic carbocycles. The van der Waals surface area contributed by atoms with E-state index in [1.54, 1.807) is 12.1 Å². The molecule has 9 heteroatoms. The zero-order valence-electron chi connectivity index (χ0n) is 19.2. The number of carbonyl (C=O) groups is 5. The van der Waals surface area contributed by atoms with E-state index in [2.05, 4.69) is 15.1 Å². The van der Waals surface area contributed by atoms with E-state index in [0.717, 1.165) is 75.3 Å². The summed E-state index contributed by atoms with van der Waals surface area (Å²) in [4.78, 5) is 66.4. The Kier molecular flexibility index (Phi) is 6.20. The van der Waals surface area contributed by atoms with Gasteiger partial charge in [-0.05, 0) is 69.3 Å². The molecule has 0 bridgehead atoms. The summed E-state index contributed by atoms with van der Waals surface area (Å²) in [5, 5.41) is 2.22. The van der Waals surface area contributed by atoms with Crippen LogP contribution in [0.5, 0.6) is 0 Å². The topological polar surface area (TPSA) is 107 Å². The molecular formula is C25H30N4O5. The molecule has 0 saturated carbocycles. The molecule has 1 atom stereocenters. The Morgan fingerprint density at radius 3 is 2.26 bits per heavy atom. The van der Waals surface area contributed by atoms with Gasteiger partial charge in [0.25, 0.3) is 11.8 Å². The average molecular weight is 467 g/mol. The monoisotopic (exact) mass is 466 g/mol. The van der Waals surface area contributed by atoms with Crippen LogP contribution >= 0.6 is 0 Å². The number of amides is 4. The Bertz CT molecular complexity index is 1020. The second-order valence-corrected chi connectivity index (χ2v) is 9.88. The van der Waals surface area contributed by atoms with Crippen molar-refractivity contribution in [1.29, 1.82) is 0 Å². The van der Waals surface area contributed by atoms with Gasteiger partial charge in [-0.25, -0.2) is 0 Å². The fourth-order valence-corrected chi connectivity index (χ4v) is 5.67. The molecule has 4 aliphatic heterocycles. The fourth-order valence-electron chi connectivity index (χ4n) is 5.67. The first-order chi connectivity index (χ1) is 16.4. The van der Waals surface area contributed by atoms with Gasteiger partial charge in [0.15, 0.2) is 0 Å². The number of likely N-dealkylation sites (tertiary alicyclic amines) is 1. The Balaban J connectivity index is 1.21. The van der Waals surface area contributed by atoms with Gasteiger partial charge >= 0.3 is 0 Å². The number of hydrogen-bond acceptors (Lipinski definition) is 7. The highest BCUT2D eigenvalue weighted by Crippen LogP contribution is 2.32. The summed E-state index contributed by atoms with van der Waals surface area (Å²) in [6, 6.07) is 4.38. The van der Waals surface area contributed by atoms with Crippen LogP contribution < -0.4 is 10.2 Å². The standard InChI is InChI=1S/C25H30N4O5/c30-15-17-5-9-27(10-6-17)14-16-7-11-28(12-8-16)18-1-2-19-20(13-18)25(34)29(24(19)33)21-3-4-22(31)26-23(21)32/h1-2,13,15-17,21H,3-12,14H2,(H,26,31,32)/t21-/m1/s1. The van der Waals surface area contributed by atoms with Crippen LogP contribution in [-0.2, 0) is 14.4 Å². The SMILES string of the molecule is O=CC1CCN(CC2CCN(c3ccc4c(c3)C(=O)N([C@@H]3CCC(=O)NC3=O)C4=O)CC2)CC1. The van der Waals surface area contributed by atoms with Gasteiger partial charge in [0.05, 0.1) is 11.1 Å². The number of fused-ring (bicyclic) bond motifs is 1. The van der Waals surface area contributed by atoms with Crippen LogP contribution in [0.3, 0.4) is 0 Å². The van der Waals surface area contributed by atoms with Gasteiger partial charge < -0.3 is 14.6 Å². The first-order valence-electron chi connectivity index (χ1n) is 12.2. The van der Waals surface area contributed by atoms with Gasteiger partial charge in [0.1, 0.15) is 12.3 Å². The van der Waals surface area contributed by atoms with E-state index in [4.69, 9.17) is 0 Å². The molecule has 0 radical (unpaired) electrons. The molecule has 3 fully saturated rings. The summed E-state index contributed by atoms with van der Waals surface area (Å²) in [6.45, 7) is 4.82. The second kappa shape index (κ2) is 9.29. The largest absolute Gasteiger partial charge is 0.371 e. The lowest BCUT2D eigenvalue weighted by Crippen LogP contribution is -2.54. The Hall–Kier alpha value is -3.07. The summed E-state index contributed by atoms with van der Waals surface area (Å²) in [5.74, 6) is -1.08. The number of benzene rings is 1. The van der Waals surface area contributed by atoms with E-state index in [0.29, 0.717) is 17.0 Å². The molecule has 4 aliphatic rings. The molecule has 1 aromatic carbocycles. The van der Waals surface area contributed by atoms with E-state index in [-0.39, 0.29) is 24.7 Å². The van der Waals surface area contributed by atoms with Crippen LogP contribution in [0, 0.1) is 11.8 Å². The van der Waals surface area contributed by atoms with Gasteiger partial charge in [-0.15, -0.1) is 0 Å². The maximum Gasteiger partial charge on any atom is 0.262 e. The molecule has 0 spiro atoms. The molecule has 3 saturated heterocycles. The predicted molar refractivity (Wildman–Crippen MR) is 123 cm³/mol. The zero-order valence-corrected chi connectivity index (χ0v) is 19.2. The number of aldehydes is 1. The minimum Gasteiger partial charge on any atom is -0.371 e. The highest BCUT2D eigenvalue weighted by molar-refractivity contribution is 6.23. The number of nitrogens with zero attached hydrogens (tertiary/aromatic N) is 3. The van der Waals surface area contributed by atoms with Crippen LogP contribution in [0.25, 0.3) is 0 Å². The second-order valence-electron chi connectivity index (χ2n) is 9.88. The zero-order chi connectivity index (χ0) is 23.8. The highest BCUT2D eigenvalue weighted by Gasteiger charge is 2.44. The maximum atomic E-state index is 13.1. The van der Waals surface area contributed by atoms with E-state index in [1.807, 2.05) is 6.07 Å². The molecule has 4 amide bonds. The van der Waals surface area contributed by atoms with Crippen LogP contribution in [0.2, 0.25) is 0 Å². The van der Waals surface area contributed by atoms with Crippen molar-refractivity contribution in [2.75, 3.05) is 37.6 Å². The highest BCUT2D eigenvalue weighted by atomic mass is 16.2. The molecule has 5 rings (SSSR count). The van der Waals surface area contributed by atoms with E-state index in [1.165, 1.54) is 0 Å². The van der Waals surface area contributed by atoms with Crippen molar-refractivity contribution >= 4 is 35.6 Å². The van der Waals surface area contributed by atoms with Crippen LogP contribution in [-0.4, -0.2) is 78.5 Å². The summed E-state index contributed by atoms with van der Waals surface area (Å²) in [7, 11) is 0. The van der Waals surface area contributed by atoms with Crippen molar-refractivity contribution in [3.05, 3.63) is 29.3 Å². The molecule has 1 aromatic rings. The van der Waals surface area contributed by atoms with Crippen LogP contribution in [0.1, 0.15) is 59.2 Å². The number of rotatable bonds is 5. The van der Waals surface area contributed by atoms with Gasteiger partial charge in [-0.2, -0.15) is 0 Å². The number of nitrogens with one attached hydrogen (secondary N) is 1. The summed E-state index contributed by atoms with van der Waals surface area (Å²) in [5.41, 5.74) is 1.55. The molecule has 4 heterocycles. The fraction of sp³-hybridized carbons (Fsp3) is 0.560. The van der Waals surface area contributed by atoms with Gasteiger partial charge in [-0.3, -0.25) is 29.4 Å². The summed E-state index contributed by atoms with van der Waals surface area (Å²) < 4.78 is 0. The normalized spacial score (nSPS) is 25.0. The minimum atomic E-state index is -0.944. The number of anilines is 1. The lowest BCUT2D eigenvalue weighted by molar-refractivity contribution is -0.136. The van der Waals surface area contributed by atoms with Crippen molar-refractivity contribution in [2.45, 2.75) is 44.6 Å². The molecule has 1 N–H and O–H groups in total. The quantitative estimate of drug-likeness (QED) is 0.514. The number of piperidine rings is 3. The smallest absolute Gasteiger partial charge is 0.262 e. The Morgan fingerprint density at radius 2 is 1.59 bits per heavy atom. The molecule has 0 aromatic heterocycles. The van der Waals surface area contributed by atoms with E-state index < -0.39 is 23.8 Å². The molecule has 0 unspecified atom stereocenters. The lowest BCUT2D eigenvalue weighted by atomic mass is 9.93. The number of imide groups is 2. The summed E-state index contributed by atoms with van der Waals surface area (Å²) in [6.07, 6.45) is 5.39. The summed E-state index contributed by atoms with van der Waals surface area (Å²) >= 11 is 0. The lowest BCUT2D eigenvalue weighted by Gasteiger charge is -2.37. The van der Waals surface area contributed by atoms with Crippen LogP contribution in [0.15, 0.2) is 18.2 Å². The van der Waals surface area contributed by atoms with Crippen molar-refractivity contribution in [2.24, 2.45) is 11.8 Å².